The molecule has 4 heterocycles. The first-order valence-electron chi connectivity index (χ1n) is 16.8. The lowest BCUT2D eigenvalue weighted by Gasteiger charge is -2.48. The Labute approximate surface area is 293 Å². The molecule has 2 aromatic rings. The first-order chi connectivity index (χ1) is 24.5. The van der Waals surface area contributed by atoms with Gasteiger partial charge in [0.25, 0.3) is 5.91 Å². The number of fused-ring (bicyclic) bond motifs is 4. The van der Waals surface area contributed by atoms with Gasteiger partial charge < -0.3 is 39.4 Å². The third kappa shape index (κ3) is 6.40. The number of rotatable bonds is 11. The summed E-state index contributed by atoms with van der Waals surface area (Å²) < 4.78 is 28.1. The number of ether oxygens (including phenoxy) is 5. The Kier molecular flexibility index (Phi) is 9.41. The number of benzene rings is 2. The third-order valence-corrected chi connectivity index (χ3v) is 10.1. The number of esters is 3. The Morgan fingerprint density at radius 2 is 1.84 bits per heavy atom. The minimum atomic E-state index is -1.40. The van der Waals surface area contributed by atoms with E-state index in [0.717, 1.165) is 0 Å². The molecule has 5 fully saturated rings. The van der Waals surface area contributed by atoms with Crippen LogP contribution in [0.3, 0.4) is 0 Å². The molecule has 51 heavy (non-hydrogen) atoms. The topological polar surface area (TPSA) is 188 Å². The predicted octanol–water partition coefficient (Wildman–Crippen LogP) is 0.775. The van der Waals surface area contributed by atoms with Gasteiger partial charge in [0.05, 0.1) is 13.2 Å². The number of hydrogen-bond donors (Lipinski definition) is 3. The molecule has 4 aliphatic heterocycles. The molecule has 4 saturated heterocycles. The number of hydroxylamine groups is 2. The number of aliphatic hydroxyl groups is 1. The van der Waals surface area contributed by atoms with Crippen molar-refractivity contribution in [1.29, 1.82) is 0 Å². The molecule has 270 valence electrons. The summed E-state index contributed by atoms with van der Waals surface area (Å²) in [6, 6.07) is 12.8. The highest BCUT2D eigenvalue weighted by Gasteiger charge is 2.74. The van der Waals surface area contributed by atoms with Crippen molar-refractivity contribution in [2.45, 2.75) is 69.9 Å². The summed E-state index contributed by atoms with van der Waals surface area (Å²) in [5, 5.41) is 16.1. The zero-order valence-electron chi connectivity index (χ0n) is 28.1. The number of carbonyl (C=O) groups is 5. The van der Waals surface area contributed by atoms with Gasteiger partial charge in [-0.25, -0.2) is 9.59 Å². The van der Waals surface area contributed by atoms with E-state index in [1.807, 2.05) is 0 Å². The van der Waals surface area contributed by atoms with Gasteiger partial charge >= 0.3 is 17.9 Å². The van der Waals surface area contributed by atoms with Crippen molar-refractivity contribution in [2.24, 2.45) is 10.8 Å². The van der Waals surface area contributed by atoms with Crippen molar-refractivity contribution in [3.8, 4) is 0 Å². The maximum atomic E-state index is 14.4. The summed E-state index contributed by atoms with van der Waals surface area (Å²) in [7, 11) is 0. The number of nitrogens with one attached hydrogen (secondary N) is 2. The summed E-state index contributed by atoms with van der Waals surface area (Å²) in [5.74, 6) is -2.74. The van der Waals surface area contributed by atoms with Gasteiger partial charge in [-0.15, -0.1) is 0 Å². The van der Waals surface area contributed by atoms with Crippen molar-refractivity contribution < 1.29 is 57.6 Å². The van der Waals surface area contributed by atoms with E-state index in [1.165, 1.54) is 11.1 Å². The molecule has 15 heteroatoms. The van der Waals surface area contributed by atoms with Crippen LogP contribution >= 0.6 is 0 Å². The normalized spacial score (nSPS) is 30.4. The minimum Gasteiger partial charge on any atom is -0.462 e. The number of cyclic esters (lactones) is 1. The van der Waals surface area contributed by atoms with Gasteiger partial charge in [-0.05, 0) is 34.9 Å². The van der Waals surface area contributed by atoms with Crippen LogP contribution in [-0.2, 0) is 60.8 Å². The monoisotopic (exact) mass is 705 g/mol. The largest absolute Gasteiger partial charge is 0.462 e. The van der Waals surface area contributed by atoms with Crippen molar-refractivity contribution in [3.63, 3.8) is 0 Å². The molecule has 2 bridgehead atoms. The lowest BCUT2D eigenvalue weighted by atomic mass is 9.62. The average Bonchev–Trinajstić information content (AvgIpc) is 3.81. The second-order valence-corrected chi connectivity index (χ2v) is 13.9. The average molecular weight is 706 g/mol. The molecule has 0 aromatic heterocycles. The second-order valence-electron chi connectivity index (χ2n) is 13.9. The van der Waals surface area contributed by atoms with E-state index < -0.39 is 71.2 Å². The first-order valence-corrected chi connectivity index (χ1v) is 16.8. The summed E-state index contributed by atoms with van der Waals surface area (Å²) in [6.45, 7) is 3.67. The fourth-order valence-corrected chi connectivity index (χ4v) is 7.53. The van der Waals surface area contributed by atoms with Crippen LogP contribution in [0.2, 0.25) is 0 Å². The van der Waals surface area contributed by atoms with E-state index in [1.54, 1.807) is 68.5 Å². The summed E-state index contributed by atoms with van der Waals surface area (Å²) in [4.78, 5) is 72.0. The zero-order chi connectivity index (χ0) is 35.9. The highest BCUT2D eigenvalue weighted by molar-refractivity contribution is 5.95. The second kappa shape index (κ2) is 13.8. The fraction of sp³-hybridized carbons (Fsp3) is 0.472. The Bertz CT molecular complexity index is 1760. The summed E-state index contributed by atoms with van der Waals surface area (Å²) in [6.07, 6.45) is -1.04. The zero-order valence-corrected chi connectivity index (χ0v) is 28.1. The molecule has 15 nitrogen and oxygen atoms in total. The lowest BCUT2D eigenvalue weighted by molar-refractivity contribution is -0.201. The number of amides is 2. The van der Waals surface area contributed by atoms with Crippen LogP contribution in [-0.4, -0.2) is 103 Å². The molecule has 1 aliphatic carbocycles. The van der Waals surface area contributed by atoms with Crippen LogP contribution in [0.1, 0.15) is 47.3 Å². The van der Waals surface area contributed by atoms with E-state index in [-0.39, 0.29) is 52.0 Å². The van der Waals surface area contributed by atoms with Crippen LogP contribution < -0.4 is 10.6 Å². The molecule has 2 aromatic carbocycles. The maximum absolute atomic E-state index is 14.4. The standard InChI is InChI=1S/C36H39N3O12/c1-35(2)18-46-33(44)30(35)50-25(41)11-10-21-7-3-4-8-23(21)17-39-28-32(43)49-24-15-36(28,29(51-39)27-26(24)47-19-48-27)34(45)38-16-20-6-5-9-22(14-20)31(42)37-12-13-40/h3-11,14,24,26-30,40H,12-13,15-19H2,1-2H3,(H,37,42)(H,38,45)/t24-,26+,27+,28+,29-,30+,36+/m1/s1. The van der Waals surface area contributed by atoms with E-state index in [2.05, 4.69) is 10.6 Å². The van der Waals surface area contributed by atoms with Crippen molar-refractivity contribution in [1.82, 2.24) is 15.7 Å². The lowest BCUT2D eigenvalue weighted by Crippen LogP contribution is -2.69. The number of hydrogen-bond acceptors (Lipinski definition) is 13. The molecular formula is C36H39N3O12. The molecule has 2 amide bonds. The molecule has 3 N–H and O–H groups in total. The SMILES string of the molecule is CC1(C)COC(=O)[C@@H]1OC(=O)C=Cc1ccccc1CN1O[C@@H]2[C@H]3OCO[C@H]3[C@H]3C[C@]2(C(=O)NCc2cccc(C(=O)NCCO)c2)[C@@H]1C(=O)O3. The molecule has 5 aliphatic rings. The Balaban J connectivity index is 1.12. The molecule has 0 spiro atoms. The molecular weight excluding hydrogens is 666 g/mol. The van der Waals surface area contributed by atoms with Crippen molar-refractivity contribution in [2.75, 3.05) is 26.6 Å². The van der Waals surface area contributed by atoms with Gasteiger partial charge in [0.2, 0.25) is 12.0 Å². The number of aliphatic hydroxyl groups excluding tert-OH is 1. The van der Waals surface area contributed by atoms with Crippen LogP contribution in [0.15, 0.2) is 54.6 Å². The predicted molar refractivity (Wildman–Crippen MR) is 174 cm³/mol. The Hall–Kier alpha value is -4.67. The van der Waals surface area contributed by atoms with E-state index >= 15 is 0 Å². The van der Waals surface area contributed by atoms with Gasteiger partial charge in [0.15, 0.2) is 6.04 Å². The van der Waals surface area contributed by atoms with Gasteiger partial charge in [-0.1, -0.05) is 50.2 Å². The van der Waals surface area contributed by atoms with Crippen LogP contribution in [0.25, 0.3) is 6.08 Å². The molecule has 7 atom stereocenters. The first kappa shape index (κ1) is 34.8. The van der Waals surface area contributed by atoms with Gasteiger partial charge in [-0.2, -0.15) is 5.06 Å². The van der Waals surface area contributed by atoms with Gasteiger partial charge in [0.1, 0.15) is 43.2 Å². The quantitative estimate of drug-likeness (QED) is 0.169. The van der Waals surface area contributed by atoms with Crippen molar-refractivity contribution >= 4 is 35.8 Å². The third-order valence-electron chi connectivity index (χ3n) is 10.1. The minimum absolute atomic E-state index is 0.0384. The van der Waals surface area contributed by atoms with Gasteiger partial charge in [-0.3, -0.25) is 19.2 Å². The van der Waals surface area contributed by atoms with E-state index in [9.17, 15) is 24.0 Å². The number of nitrogens with zero attached hydrogens (tertiary/aromatic N) is 1. The fourth-order valence-electron chi connectivity index (χ4n) is 7.53. The molecule has 0 unspecified atom stereocenters. The maximum Gasteiger partial charge on any atom is 0.348 e. The van der Waals surface area contributed by atoms with Crippen molar-refractivity contribution in [3.05, 3.63) is 76.9 Å². The summed E-state index contributed by atoms with van der Waals surface area (Å²) in [5.41, 5.74) is 0.241. The highest BCUT2D eigenvalue weighted by atomic mass is 16.8. The molecule has 7 rings (SSSR count). The highest BCUT2D eigenvalue weighted by Crippen LogP contribution is 2.55. The summed E-state index contributed by atoms with van der Waals surface area (Å²) >= 11 is 0. The van der Waals surface area contributed by atoms with E-state index in [4.69, 9.17) is 33.6 Å². The number of carbonyl (C=O) groups excluding carboxylic acids is 5. The van der Waals surface area contributed by atoms with Crippen LogP contribution in [0.5, 0.6) is 0 Å². The van der Waals surface area contributed by atoms with E-state index in [0.29, 0.717) is 22.3 Å². The Morgan fingerprint density at radius 3 is 2.63 bits per heavy atom. The van der Waals surface area contributed by atoms with Gasteiger partial charge in [0, 0.05) is 36.6 Å². The Morgan fingerprint density at radius 1 is 1.04 bits per heavy atom. The molecule has 1 saturated carbocycles. The van der Waals surface area contributed by atoms with Crippen LogP contribution in [0, 0.1) is 10.8 Å². The van der Waals surface area contributed by atoms with Crippen LogP contribution in [0.4, 0.5) is 0 Å². The molecule has 0 radical (unpaired) electrons. The smallest absolute Gasteiger partial charge is 0.348 e.